The Kier molecular flexibility index (Phi) is 7.81. The number of fused-ring (bicyclic) bond motifs is 2. The van der Waals surface area contributed by atoms with Crippen LogP contribution in [0.5, 0.6) is 11.5 Å². The van der Waals surface area contributed by atoms with Crippen LogP contribution >= 0.6 is 11.6 Å². The van der Waals surface area contributed by atoms with Gasteiger partial charge in [0.15, 0.2) is 17.3 Å². The minimum atomic E-state index is -0.773. The Morgan fingerprint density at radius 3 is 2.39 bits per heavy atom. The van der Waals surface area contributed by atoms with Crippen molar-refractivity contribution in [1.82, 2.24) is 5.32 Å². The van der Waals surface area contributed by atoms with Crippen molar-refractivity contribution in [3.63, 3.8) is 0 Å². The first kappa shape index (κ1) is 27.9. The fourth-order valence-corrected chi connectivity index (χ4v) is 5.44. The summed E-state index contributed by atoms with van der Waals surface area (Å²) in [5.41, 5.74) is 4.51. The Morgan fingerprint density at radius 1 is 1.02 bits per heavy atom. The van der Waals surface area contributed by atoms with Gasteiger partial charge in [0, 0.05) is 40.4 Å². The molecule has 3 aromatic carbocycles. The predicted octanol–water partition coefficient (Wildman–Crippen LogP) is 6.36. The molecule has 2 aliphatic rings. The van der Waals surface area contributed by atoms with Crippen molar-refractivity contribution in [1.29, 1.82) is 0 Å². The summed E-state index contributed by atoms with van der Waals surface area (Å²) < 4.78 is 17.3. The lowest BCUT2D eigenvalue weighted by molar-refractivity contribution is -0.384. The number of carbonyl (C=O) groups is 2. The minimum Gasteiger partial charge on any atom is -0.490 e. The lowest BCUT2D eigenvalue weighted by Gasteiger charge is -2.30. The Labute approximate surface area is 241 Å². The third kappa shape index (κ3) is 5.16. The summed E-state index contributed by atoms with van der Waals surface area (Å²) in [6, 6.07) is 16.7. The van der Waals surface area contributed by atoms with Gasteiger partial charge in [0.05, 0.1) is 34.4 Å². The van der Waals surface area contributed by atoms with Crippen LogP contribution in [0.25, 0.3) is 5.70 Å². The van der Waals surface area contributed by atoms with Crippen LogP contribution < -0.4 is 14.8 Å². The van der Waals surface area contributed by atoms with E-state index in [1.807, 2.05) is 19.1 Å². The summed E-state index contributed by atoms with van der Waals surface area (Å²) in [5, 5.41) is 14.5. The first-order valence-corrected chi connectivity index (χ1v) is 13.5. The highest BCUT2D eigenvalue weighted by molar-refractivity contribution is 6.32. The number of esters is 1. The van der Waals surface area contributed by atoms with Crippen LogP contribution in [-0.2, 0) is 16.1 Å². The maximum atomic E-state index is 13.7. The van der Waals surface area contributed by atoms with Crippen LogP contribution in [0.15, 0.2) is 77.5 Å². The molecule has 0 saturated heterocycles. The molecular formula is C31H27ClN2O7. The van der Waals surface area contributed by atoms with Crippen molar-refractivity contribution in [3.05, 3.63) is 115 Å². The average Bonchev–Trinajstić information content (AvgIpc) is 3.23. The van der Waals surface area contributed by atoms with Crippen LogP contribution in [0.4, 0.5) is 5.69 Å². The molecule has 1 atom stereocenters. The molecule has 5 rings (SSSR count). The zero-order valence-corrected chi connectivity index (χ0v) is 23.4. The number of nitrogens with zero attached hydrogens (tertiary/aromatic N) is 1. The number of nitrogens with one attached hydrogen (secondary N) is 1. The number of nitro groups is 1. The zero-order chi connectivity index (χ0) is 29.3. The molecule has 1 N–H and O–H groups in total. The number of Topliss-reactive ketones (excluding diaryl/α,β-unsaturated/α-hetero) is 1. The van der Waals surface area contributed by atoms with E-state index in [0.717, 1.165) is 5.56 Å². The number of non-ortho nitro benzene ring substituents is 1. The van der Waals surface area contributed by atoms with Crippen LogP contribution in [0.3, 0.4) is 0 Å². The molecule has 10 heteroatoms. The van der Waals surface area contributed by atoms with Crippen molar-refractivity contribution < 1.29 is 28.7 Å². The van der Waals surface area contributed by atoms with Gasteiger partial charge >= 0.3 is 5.97 Å². The van der Waals surface area contributed by atoms with E-state index in [9.17, 15) is 19.7 Å². The fourth-order valence-electron chi connectivity index (χ4n) is 5.17. The number of nitro benzene ring substituents is 1. The van der Waals surface area contributed by atoms with E-state index < -0.39 is 16.8 Å². The molecule has 0 aromatic heterocycles. The summed E-state index contributed by atoms with van der Waals surface area (Å²) in [4.78, 5) is 37.5. The number of ether oxygens (including phenoxy) is 3. The molecule has 0 spiro atoms. The Morgan fingerprint density at radius 2 is 1.73 bits per heavy atom. The molecule has 3 aromatic rings. The summed E-state index contributed by atoms with van der Waals surface area (Å²) in [5.74, 6) is -0.884. The van der Waals surface area contributed by atoms with Crippen LogP contribution in [-0.4, -0.2) is 29.9 Å². The maximum absolute atomic E-state index is 13.7. The van der Waals surface area contributed by atoms with Crippen LogP contribution in [0, 0.1) is 10.1 Å². The van der Waals surface area contributed by atoms with E-state index in [1.165, 1.54) is 12.1 Å². The largest absolute Gasteiger partial charge is 0.490 e. The molecule has 1 aliphatic heterocycles. The number of halogens is 1. The van der Waals surface area contributed by atoms with Gasteiger partial charge in [-0.1, -0.05) is 35.9 Å². The van der Waals surface area contributed by atoms with Gasteiger partial charge in [-0.15, -0.1) is 0 Å². The number of hydrogen-bond acceptors (Lipinski definition) is 8. The van der Waals surface area contributed by atoms with Crippen molar-refractivity contribution >= 4 is 34.7 Å². The van der Waals surface area contributed by atoms with E-state index in [0.29, 0.717) is 51.6 Å². The van der Waals surface area contributed by atoms with Crippen molar-refractivity contribution in [2.24, 2.45) is 0 Å². The first-order valence-electron chi connectivity index (χ1n) is 13.1. The standard InChI is InChI=1S/C31H27ClN2O7/c1-4-39-24-15-19(14-23(32)30(24)41-16-18-10-12-20(13-11-18)34(37)38)26-25(31(36)40-5-2)17(3)33-28-21-8-6-7-9-22(21)29(35)27(26)28/h6-15,26,33H,4-5,16H2,1-3H3/t26-/m1/s1. The minimum absolute atomic E-state index is 0.0221. The summed E-state index contributed by atoms with van der Waals surface area (Å²) in [6.07, 6.45) is 0. The molecule has 1 aliphatic carbocycles. The predicted molar refractivity (Wildman–Crippen MR) is 153 cm³/mol. The van der Waals surface area contributed by atoms with E-state index >= 15 is 0 Å². The lowest BCUT2D eigenvalue weighted by atomic mass is 9.79. The molecule has 0 fully saturated rings. The Balaban J connectivity index is 1.58. The number of rotatable bonds is 9. The Bertz CT molecular complexity index is 1630. The molecule has 41 heavy (non-hydrogen) atoms. The van der Waals surface area contributed by atoms with Crippen molar-refractivity contribution in [3.8, 4) is 11.5 Å². The number of allylic oxidation sites excluding steroid dienone is 2. The molecule has 210 valence electrons. The highest BCUT2D eigenvalue weighted by Gasteiger charge is 2.43. The highest BCUT2D eigenvalue weighted by atomic mass is 35.5. The average molecular weight is 575 g/mol. The SMILES string of the molecule is CCOC(=O)C1=C(C)NC2=C(C(=O)c3ccccc32)[C@@H]1c1cc(Cl)c(OCc2ccc([N+](=O)[O-])cc2)c(OCC)c1. The number of benzene rings is 3. The molecule has 0 radical (unpaired) electrons. The van der Waals surface area contributed by atoms with Gasteiger partial charge < -0.3 is 19.5 Å². The van der Waals surface area contributed by atoms with Gasteiger partial charge in [-0.2, -0.15) is 0 Å². The molecule has 9 nitrogen and oxygen atoms in total. The topological polar surface area (TPSA) is 117 Å². The highest BCUT2D eigenvalue weighted by Crippen LogP contribution is 2.49. The van der Waals surface area contributed by atoms with Gasteiger partial charge in [-0.05, 0) is 56.2 Å². The van der Waals surface area contributed by atoms with Gasteiger partial charge in [0.25, 0.3) is 5.69 Å². The summed E-state index contributed by atoms with van der Waals surface area (Å²) in [7, 11) is 0. The lowest BCUT2D eigenvalue weighted by Crippen LogP contribution is -2.29. The van der Waals surface area contributed by atoms with Crippen molar-refractivity contribution in [2.75, 3.05) is 13.2 Å². The van der Waals surface area contributed by atoms with Gasteiger partial charge in [0.1, 0.15) is 6.61 Å². The summed E-state index contributed by atoms with van der Waals surface area (Å²) in [6.45, 7) is 5.88. The number of ketones is 1. The Hall–Kier alpha value is -4.63. The van der Waals surface area contributed by atoms with Gasteiger partial charge in [-0.25, -0.2) is 4.79 Å². The van der Waals surface area contributed by atoms with Crippen LogP contribution in [0.2, 0.25) is 5.02 Å². The second-order valence-corrected chi connectivity index (χ2v) is 9.86. The third-order valence-electron chi connectivity index (χ3n) is 6.94. The number of carbonyl (C=O) groups excluding carboxylic acids is 2. The molecule has 0 amide bonds. The van der Waals surface area contributed by atoms with Crippen LogP contribution in [0.1, 0.15) is 53.7 Å². The maximum Gasteiger partial charge on any atom is 0.336 e. The molecule has 1 heterocycles. The van der Waals surface area contributed by atoms with E-state index in [1.54, 1.807) is 50.2 Å². The van der Waals surface area contributed by atoms with E-state index in [-0.39, 0.29) is 35.5 Å². The summed E-state index contributed by atoms with van der Waals surface area (Å²) >= 11 is 6.77. The zero-order valence-electron chi connectivity index (χ0n) is 22.7. The number of hydrogen-bond donors (Lipinski definition) is 1. The van der Waals surface area contributed by atoms with Crippen molar-refractivity contribution in [2.45, 2.75) is 33.3 Å². The normalized spacial score (nSPS) is 15.7. The van der Waals surface area contributed by atoms with Gasteiger partial charge in [0.2, 0.25) is 0 Å². The molecule has 0 saturated carbocycles. The van der Waals surface area contributed by atoms with E-state index in [2.05, 4.69) is 5.32 Å². The molecule has 0 bridgehead atoms. The quantitative estimate of drug-likeness (QED) is 0.178. The molecule has 0 unspecified atom stereocenters. The second-order valence-electron chi connectivity index (χ2n) is 9.46. The fraction of sp³-hybridized carbons (Fsp3) is 0.226. The number of dihydropyridines is 1. The van der Waals surface area contributed by atoms with E-state index in [4.69, 9.17) is 25.8 Å². The molecular weight excluding hydrogens is 548 g/mol. The monoisotopic (exact) mass is 574 g/mol. The van der Waals surface area contributed by atoms with Gasteiger partial charge in [-0.3, -0.25) is 14.9 Å². The third-order valence-corrected chi connectivity index (χ3v) is 7.22. The second kappa shape index (κ2) is 11.5. The smallest absolute Gasteiger partial charge is 0.336 e. The first-order chi connectivity index (χ1) is 19.7.